The molecular weight excluding hydrogens is 280 g/mol. The Morgan fingerprint density at radius 2 is 0.909 bits per heavy atom. The van der Waals surface area contributed by atoms with Crippen molar-refractivity contribution in [3.05, 3.63) is 46.6 Å². The minimum absolute atomic E-state index is 0.773. The lowest BCUT2D eigenvalue weighted by molar-refractivity contribution is 0.682. The van der Waals surface area contributed by atoms with E-state index in [1.54, 1.807) is 22.3 Å². The Hall–Kier alpha value is -0.823. The first-order valence-corrected chi connectivity index (χ1v) is 12.6. The number of hydrogen-bond acceptors (Lipinski definition) is 0. The van der Waals surface area contributed by atoms with Gasteiger partial charge in [0.25, 0.3) is 0 Å². The van der Waals surface area contributed by atoms with Crippen LogP contribution in [0.15, 0.2) is 46.6 Å². The van der Waals surface area contributed by atoms with Gasteiger partial charge < -0.3 is 0 Å². The molecule has 0 bridgehead atoms. The zero-order valence-electron chi connectivity index (χ0n) is 14.3. The van der Waals surface area contributed by atoms with Gasteiger partial charge >= 0.3 is 0 Å². The molecule has 1 heteroatoms. The second-order valence-electron chi connectivity index (χ2n) is 8.41. The molecule has 0 aliphatic heterocycles. The van der Waals surface area contributed by atoms with Gasteiger partial charge in [-0.15, -0.1) is 0 Å². The Labute approximate surface area is 137 Å². The van der Waals surface area contributed by atoms with E-state index in [0.717, 1.165) is 11.1 Å². The Kier molecular flexibility index (Phi) is 3.80. The quantitative estimate of drug-likeness (QED) is 0.497. The average Bonchev–Trinajstić information content (AvgIpc) is 3.07. The zero-order chi connectivity index (χ0) is 15.2. The maximum atomic E-state index is 2.69. The molecule has 0 heterocycles. The van der Waals surface area contributed by atoms with Gasteiger partial charge in [-0.25, -0.2) is 0 Å². The summed E-state index contributed by atoms with van der Waals surface area (Å²) in [5, 5.41) is 0. The van der Waals surface area contributed by atoms with Crippen LogP contribution in [0.4, 0.5) is 0 Å². The molecule has 118 valence electrons. The van der Waals surface area contributed by atoms with Crippen molar-refractivity contribution < 1.29 is 0 Å². The molecule has 0 radical (unpaired) electrons. The van der Waals surface area contributed by atoms with Gasteiger partial charge in [-0.2, -0.15) is 0 Å². The normalized spacial score (nSPS) is 26.6. The third-order valence-corrected chi connectivity index (χ3v) is 10.7. The zero-order valence-corrected chi connectivity index (χ0v) is 15.3. The smallest absolute Gasteiger partial charge is 0.0699 e. The molecule has 4 aliphatic carbocycles. The van der Waals surface area contributed by atoms with E-state index in [4.69, 9.17) is 0 Å². The summed E-state index contributed by atoms with van der Waals surface area (Å²) in [6, 6.07) is 0. The second kappa shape index (κ2) is 5.67. The monoisotopic (exact) mass is 310 g/mol. The van der Waals surface area contributed by atoms with Crippen molar-refractivity contribution in [1.82, 2.24) is 0 Å². The molecule has 0 aromatic heterocycles. The van der Waals surface area contributed by atoms with Crippen molar-refractivity contribution in [2.75, 3.05) is 0 Å². The highest BCUT2D eigenvalue weighted by Gasteiger charge is 2.40. The first-order valence-electron chi connectivity index (χ1n) is 9.48. The van der Waals surface area contributed by atoms with Crippen LogP contribution < -0.4 is 0 Å². The molecule has 0 N–H and O–H groups in total. The summed E-state index contributed by atoms with van der Waals surface area (Å²) in [5.41, 5.74) is 8.41. The van der Waals surface area contributed by atoms with E-state index >= 15 is 0 Å². The topological polar surface area (TPSA) is 0 Å². The summed E-state index contributed by atoms with van der Waals surface area (Å²) in [6.45, 7) is 5.26. The fourth-order valence-corrected chi connectivity index (χ4v) is 7.85. The number of allylic oxidation sites excluding steroid dienone is 8. The summed E-state index contributed by atoms with van der Waals surface area (Å²) in [6.07, 6.45) is 23.2. The first-order chi connectivity index (χ1) is 10.6. The molecule has 0 unspecified atom stereocenters. The van der Waals surface area contributed by atoms with Crippen molar-refractivity contribution in [3.63, 3.8) is 0 Å². The summed E-state index contributed by atoms with van der Waals surface area (Å²) in [7, 11) is -1.34. The number of fused-ring (bicyclic) bond motifs is 2. The molecule has 0 aromatic rings. The molecule has 0 aromatic carbocycles. The van der Waals surface area contributed by atoms with E-state index in [1.165, 1.54) is 57.8 Å². The number of hydrogen-bond donors (Lipinski definition) is 0. The number of rotatable bonds is 2. The van der Waals surface area contributed by atoms with Crippen LogP contribution in [0.5, 0.6) is 0 Å². The SMILES string of the molecule is C[Si](C)(C1C=C2CCCCCC2=C1)C1C=C2CCCCC2=C1. The van der Waals surface area contributed by atoms with Crippen LogP contribution >= 0.6 is 0 Å². The molecule has 0 amide bonds. The van der Waals surface area contributed by atoms with Crippen LogP contribution in [0, 0.1) is 0 Å². The molecule has 0 atom stereocenters. The minimum Gasteiger partial charge on any atom is -0.0768 e. The van der Waals surface area contributed by atoms with Crippen molar-refractivity contribution in [1.29, 1.82) is 0 Å². The summed E-state index contributed by atoms with van der Waals surface area (Å²) in [5.74, 6) is 0. The summed E-state index contributed by atoms with van der Waals surface area (Å²) >= 11 is 0. The Morgan fingerprint density at radius 1 is 0.591 bits per heavy atom. The first kappa shape index (κ1) is 14.7. The van der Waals surface area contributed by atoms with E-state index in [-0.39, 0.29) is 0 Å². The van der Waals surface area contributed by atoms with Crippen molar-refractivity contribution in [2.45, 2.75) is 82.0 Å². The van der Waals surface area contributed by atoms with E-state index in [2.05, 4.69) is 37.4 Å². The standard InChI is InChI=1S/C21H30Si/c1-22(2,21-14-18-10-6-7-11-19(18)15-21)20-12-16-8-4-3-5-9-17(16)13-20/h12-15,20-21H,3-11H2,1-2H3. The van der Waals surface area contributed by atoms with Crippen LogP contribution in [-0.2, 0) is 0 Å². The highest BCUT2D eigenvalue weighted by molar-refractivity contribution is 6.82. The van der Waals surface area contributed by atoms with Crippen LogP contribution in [0.3, 0.4) is 0 Å². The predicted octanol–water partition coefficient (Wildman–Crippen LogP) is 6.71. The lowest BCUT2D eigenvalue weighted by atomic mass is 9.92. The van der Waals surface area contributed by atoms with Crippen molar-refractivity contribution >= 4 is 8.07 Å². The Morgan fingerprint density at radius 3 is 1.27 bits per heavy atom. The van der Waals surface area contributed by atoms with Gasteiger partial charge in [0.15, 0.2) is 0 Å². The summed E-state index contributed by atoms with van der Waals surface area (Å²) < 4.78 is 0. The van der Waals surface area contributed by atoms with Crippen LogP contribution in [-0.4, -0.2) is 8.07 Å². The van der Waals surface area contributed by atoms with E-state index in [1.807, 2.05) is 0 Å². The second-order valence-corrected chi connectivity index (χ2v) is 13.4. The van der Waals surface area contributed by atoms with Gasteiger partial charge in [0, 0.05) is 0 Å². The Bertz CT molecular complexity index is 541. The molecule has 2 saturated carbocycles. The molecule has 4 rings (SSSR count). The van der Waals surface area contributed by atoms with Gasteiger partial charge in [0.05, 0.1) is 8.07 Å². The van der Waals surface area contributed by atoms with Crippen LogP contribution in [0.2, 0.25) is 24.2 Å². The molecule has 0 nitrogen and oxygen atoms in total. The molecule has 0 saturated heterocycles. The Balaban J connectivity index is 1.59. The molecule has 0 spiro atoms. The third kappa shape index (κ3) is 2.52. The van der Waals surface area contributed by atoms with Crippen LogP contribution in [0.25, 0.3) is 0 Å². The molecular formula is C21H30Si. The van der Waals surface area contributed by atoms with Crippen molar-refractivity contribution in [3.8, 4) is 0 Å². The van der Waals surface area contributed by atoms with Gasteiger partial charge in [0.2, 0.25) is 0 Å². The maximum Gasteiger partial charge on any atom is 0.0699 e. The fourth-order valence-electron chi connectivity index (χ4n) is 4.89. The van der Waals surface area contributed by atoms with Gasteiger partial charge in [0.1, 0.15) is 0 Å². The lowest BCUT2D eigenvalue weighted by Crippen LogP contribution is -2.34. The highest BCUT2D eigenvalue weighted by Crippen LogP contribution is 2.49. The van der Waals surface area contributed by atoms with E-state index in [0.29, 0.717) is 0 Å². The van der Waals surface area contributed by atoms with Gasteiger partial charge in [-0.3, -0.25) is 0 Å². The molecule has 22 heavy (non-hydrogen) atoms. The highest BCUT2D eigenvalue weighted by atomic mass is 28.3. The predicted molar refractivity (Wildman–Crippen MR) is 98.9 cm³/mol. The molecule has 4 aliphatic rings. The lowest BCUT2D eigenvalue weighted by Gasteiger charge is -2.32. The van der Waals surface area contributed by atoms with Crippen molar-refractivity contribution in [2.24, 2.45) is 0 Å². The van der Waals surface area contributed by atoms with Crippen LogP contribution in [0.1, 0.15) is 57.8 Å². The largest absolute Gasteiger partial charge is 0.0768 e. The molecule has 2 fully saturated rings. The van der Waals surface area contributed by atoms with E-state index < -0.39 is 8.07 Å². The van der Waals surface area contributed by atoms with Gasteiger partial charge in [-0.05, 0) is 84.7 Å². The third-order valence-electron chi connectivity index (χ3n) is 6.60. The van der Waals surface area contributed by atoms with Gasteiger partial charge in [-0.1, -0.05) is 43.8 Å². The minimum atomic E-state index is -1.34. The average molecular weight is 311 g/mol. The summed E-state index contributed by atoms with van der Waals surface area (Å²) in [4.78, 5) is 0. The fraction of sp³-hybridized carbons (Fsp3) is 0.619. The maximum absolute atomic E-state index is 2.69. The van der Waals surface area contributed by atoms with E-state index in [9.17, 15) is 0 Å².